The zero-order valence-corrected chi connectivity index (χ0v) is 16.7. The second kappa shape index (κ2) is 8.97. The van der Waals surface area contributed by atoms with Crippen molar-refractivity contribution in [1.29, 1.82) is 0 Å². The van der Waals surface area contributed by atoms with Gasteiger partial charge in [-0.25, -0.2) is 0 Å². The summed E-state index contributed by atoms with van der Waals surface area (Å²) >= 11 is 6.07. The van der Waals surface area contributed by atoms with Gasteiger partial charge in [-0.15, -0.1) is 0 Å². The lowest BCUT2D eigenvalue weighted by atomic mass is 10.1. The number of carbonyl (C=O) groups is 2. The fourth-order valence-electron chi connectivity index (χ4n) is 3.07. The minimum absolute atomic E-state index is 0.114. The molecule has 1 atom stereocenters. The van der Waals surface area contributed by atoms with E-state index in [2.05, 4.69) is 5.32 Å². The summed E-state index contributed by atoms with van der Waals surface area (Å²) in [5.41, 5.74) is 1.58. The standard InChI is InChI=1S/C21H23ClN2O4/c1-14-13-24(18-11-16(22)6-7-19(18)28-14)21(26)9-8-20(25)23-12-15-4-3-5-17(10-15)27-2/h3-7,10-11,14H,8-9,12-13H2,1-2H3,(H,23,25)/t14-/m1/s1. The highest BCUT2D eigenvalue weighted by Crippen LogP contribution is 2.36. The number of nitrogens with zero attached hydrogens (tertiary/aromatic N) is 1. The van der Waals surface area contributed by atoms with Gasteiger partial charge in [0.25, 0.3) is 0 Å². The molecule has 1 aliphatic rings. The molecule has 0 radical (unpaired) electrons. The number of hydrogen-bond donors (Lipinski definition) is 1. The third-order valence-electron chi connectivity index (χ3n) is 4.47. The lowest BCUT2D eigenvalue weighted by molar-refractivity contribution is -0.125. The van der Waals surface area contributed by atoms with E-state index in [1.807, 2.05) is 31.2 Å². The van der Waals surface area contributed by atoms with Crippen molar-refractivity contribution >= 4 is 29.1 Å². The summed E-state index contributed by atoms with van der Waals surface area (Å²) in [7, 11) is 1.60. The topological polar surface area (TPSA) is 67.9 Å². The monoisotopic (exact) mass is 402 g/mol. The van der Waals surface area contributed by atoms with Crippen LogP contribution >= 0.6 is 11.6 Å². The van der Waals surface area contributed by atoms with Crippen molar-refractivity contribution in [1.82, 2.24) is 5.32 Å². The van der Waals surface area contributed by atoms with Gasteiger partial charge < -0.3 is 19.7 Å². The van der Waals surface area contributed by atoms with Crippen LogP contribution in [0.2, 0.25) is 5.02 Å². The molecule has 2 aromatic carbocycles. The fourth-order valence-corrected chi connectivity index (χ4v) is 3.24. The third-order valence-corrected chi connectivity index (χ3v) is 4.71. The van der Waals surface area contributed by atoms with E-state index in [1.165, 1.54) is 0 Å². The van der Waals surface area contributed by atoms with Crippen molar-refractivity contribution in [3.05, 3.63) is 53.1 Å². The molecule has 2 amide bonds. The van der Waals surface area contributed by atoms with Crippen LogP contribution in [-0.4, -0.2) is 31.6 Å². The second-order valence-corrected chi connectivity index (χ2v) is 7.11. The quantitative estimate of drug-likeness (QED) is 0.802. The number of benzene rings is 2. The Balaban J connectivity index is 1.55. The van der Waals surface area contributed by atoms with Gasteiger partial charge >= 0.3 is 0 Å². The molecular weight excluding hydrogens is 380 g/mol. The Morgan fingerprint density at radius 3 is 2.86 bits per heavy atom. The summed E-state index contributed by atoms with van der Waals surface area (Å²) in [6, 6.07) is 12.7. The number of anilines is 1. The first-order chi connectivity index (χ1) is 13.5. The molecule has 0 fully saturated rings. The zero-order valence-electron chi connectivity index (χ0n) is 15.9. The third kappa shape index (κ3) is 4.95. The average Bonchev–Trinajstić information content (AvgIpc) is 2.70. The molecule has 148 valence electrons. The molecule has 2 aromatic rings. The van der Waals surface area contributed by atoms with E-state index in [1.54, 1.807) is 30.2 Å². The second-order valence-electron chi connectivity index (χ2n) is 6.67. The molecule has 1 aliphatic heterocycles. The van der Waals surface area contributed by atoms with Gasteiger partial charge in [-0.2, -0.15) is 0 Å². The lowest BCUT2D eigenvalue weighted by Gasteiger charge is -2.33. The molecule has 0 saturated heterocycles. The summed E-state index contributed by atoms with van der Waals surface area (Å²) in [6.45, 7) is 2.72. The molecule has 0 spiro atoms. The minimum atomic E-state index is -0.177. The van der Waals surface area contributed by atoms with Crippen LogP contribution in [0.3, 0.4) is 0 Å². The van der Waals surface area contributed by atoms with Crippen molar-refractivity contribution in [2.45, 2.75) is 32.4 Å². The molecule has 0 saturated carbocycles. The normalized spacial score (nSPS) is 15.4. The SMILES string of the molecule is COc1cccc(CNC(=O)CCC(=O)N2C[C@@H](C)Oc3ccc(Cl)cc32)c1. The first-order valence-electron chi connectivity index (χ1n) is 9.12. The van der Waals surface area contributed by atoms with Crippen LogP contribution in [0.4, 0.5) is 5.69 Å². The van der Waals surface area contributed by atoms with Crippen molar-refractivity contribution in [2.75, 3.05) is 18.6 Å². The van der Waals surface area contributed by atoms with Gasteiger partial charge in [0.15, 0.2) is 0 Å². The summed E-state index contributed by atoms with van der Waals surface area (Å²) in [4.78, 5) is 26.5. The highest BCUT2D eigenvalue weighted by molar-refractivity contribution is 6.31. The maximum absolute atomic E-state index is 12.7. The number of fused-ring (bicyclic) bond motifs is 1. The number of hydrogen-bond acceptors (Lipinski definition) is 4. The highest BCUT2D eigenvalue weighted by atomic mass is 35.5. The van der Waals surface area contributed by atoms with Crippen LogP contribution in [-0.2, 0) is 16.1 Å². The maximum atomic E-state index is 12.7. The van der Waals surface area contributed by atoms with Crippen LogP contribution in [0.15, 0.2) is 42.5 Å². The predicted molar refractivity (Wildman–Crippen MR) is 108 cm³/mol. The van der Waals surface area contributed by atoms with E-state index in [0.717, 1.165) is 11.3 Å². The molecule has 7 heteroatoms. The molecule has 0 aromatic heterocycles. The Kier molecular flexibility index (Phi) is 6.41. The van der Waals surface area contributed by atoms with Crippen molar-refractivity contribution in [3.63, 3.8) is 0 Å². The van der Waals surface area contributed by atoms with E-state index >= 15 is 0 Å². The number of carbonyl (C=O) groups excluding carboxylic acids is 2. The van der Waals surface area contributed by atoms with Crippen molar-refractivity contribution < 1.29 is 19.1 Å². The summed E-state index contributed by atoms with van der Waals surface area (Å²) in [5.74, 6) is 1.05. The molecule has 6 nitrogen and oxygen atoms in total. The Morgan fingerprint density at radius 2 is 2.07 bits per heavy atom. The summed E-state index contributed by atoms with van der Waals surface area (Å²) < 4.78 is 10.9. The number of nitrogens with one attached hydrogen (secondary N) is 1. The molecule has 3 rings (SSSR count). The van der Waals surface area contributed by atoms with Gasteiger partial charge in [-0.3, -0.25) is 9.59 Å². The molecule has 28 heavy (non-hydrogen) atoms. The lowest BCUT2D eigenvalue weighted by Crippen LogP contribution is -2.42. The maximum Gasteiger partial charge on any atom is 0.227 e. The van der Waals surface area contributed by atoms with Crippen LogP contribution in [0.25, 0.3) is 0 Å². The average molecular weight is 403 g/mol. The largest absolute Gasteiger partial charge is 0.497 e. The van der Waals surface area contributed by atoms with Crippen LogP contribution in [0.5, 0.6) is 11.5 Å². The van der Waals surface area contributed by atoms with E-state index in [9.17, 15) is 9.59 Å². The summed E-state index contributed by atoms with van der Waals surface area (Å²) in [5, 5.41) is 3.37. The Bertz CT molecular complexity index is 871. The predicted octanol–water partition coefficient (Wildman–Crippen LogP) is 3.56. The van der Waals surface area contributed by atoms with Gasteiger partial charge in [-0.05, 0) is 42.8 Å². The van der Waals surface area contributed by atoms with E-state index < -0.39 is 0 Å². The van der Waals surface area contributed by atoms with Crippen molar-refractivity contribution in [2.24, 2.45) is 0 Å². The van der Waals surface area contributed by atoms with Crippen LogP contribution in [0.1, 0.15) is 25.3 Å². The first-order valence-corrected chi connectivity index (χ1v) is 9.50. The number of amides is 2. The van der Waals surface area contributed by atoms with Gasteiger partial charge in [0.05, 0.1) is 19.3 Å². The number of rotatable bonds is 6. The highest BCUT2D eigenvalue weighted by Gasteiger charge is 2.27. The zero-order chi connectivity index (χ0) is 20.1. The van der Waals surface area contributed by atoms with Gasteiger partial charge in [-0.1, -0.05) is 23.7 Å². The molecule has 0 aliphatic carbocycles. The molecular formula is C21H23ClN2O4. The Hall–Kier alpha value is -2.73. The van der Waals surface area contributed by atoms with Crippen molar-refractivity contribution in [3.8, 4) is 11.5 Å². The number of halogens is 1. The first kappa shape index (κ1) is 20.0. The summed E-state index contributed by atoms with van der Waals surface area (Å²) in [6.07, 6.45) is 0.104. The Morgan fingerprint density at radius 1 is 1.25 bits per heavy atom. The van der Waals surface area contributed by atoms with Gasteiger partial charge in [0.2, 0.25) is 11.8 Å². The van der Waals surface area contributed by atoms with E-state index in [0.29, 0.717) is 29.5 Å². The molecule has 0 bridgehead atoms. The molecule has 1 N–H and O–H groups in total. The van der Waals surface area contributed by atoms with Gasteiger partial charge in [0.1, 0.15) is 17.6 Å². The smallest absolute Gasteiger partial charge is 0.227 e. The van der Waals surface area contributed by atoms with Crippen LogP contribution < -0.4 is 19.7 Å². The number of methoxy groups -OCH3 is 1. The van der Waals surface area contributed by atoms with E-state index in [-0.39, 0.29) is 30.8 Å². The van der Waals surface area contributed by atoms with Gasteiger partial charge in [0, 0.05) is 24.4 Å². The van der Waals surface area contributed by atoms with E-state index in [4.69, 9.17) is 21.1 Å². The van der Waals surface area contributed by atoms with Crippen LogP contribution in [0, 0.1) is 0 Å². The Labute approximate surface area is 169 Å². The molecule has 1 heterocycles. The fraction of sp³-hybridized carbons (Fsp3) is 0.333. The minimum Gasteiger partial charge on any atom is -0.497 e. The molecule has 0 unspecified atom stereocenters. The number of ether oxygens (including phenoxy) is 2.